The highest BCUT2D eigenvalue weighted by atomic mass is 32.2. The monoisotopic (exact) mass is 257 g/mol. The second-order valence-corrected chi connectivity index (χ2v) is 4.81. The number of thioether (sulfide) groups is 1. The fourth-order valence-electron chi connectivity index (χ4n) is 1.49. The zero-order chi connectivity index (χ0) is 12.5. The van der Waals surface area contributed by atoms with E-state index in [1.54, 1.807) is 24.9 Å². The van der Waals surface area contributed by atoms with Crippen molar-refractivity contribution in [3.63, 3.8) is 0 Å². The Morgan fingerprint density at radius 2 is 2.24 bits per heavy atom. The maximum Gasteiger partial charge on any atom is 0.137 e. The summed E-state index contributed by atoms with van der Waals surface area (Å²) in [5, 5.41) is 3.23. The minimum absolute atomic E-state index is 0.122. The fraction of sp³-hybridized carbons (Fsp3) is 0.538. The number of ether oxygens (including phenoxy) is 1. The van der Waals surface area contributed by atoms with Gasteiger partial charge in [-0.05, 0) is 24.6 Å². The largest absolute Gasteiger partial charge is 0.385 e. The number of nitrogens with one attached hydrogen (secondary N) is 1. The summed E-state index contributed by atoms with van der Waals surface area (Å²) in [7, 11) is 1.68. The summed E-state index contributed by atoms with van der Waals surface area (Å²) in [5.41, 5.74) is 1.04. The first-order chi connectivity index (χ1) is 8.29. The molecule has 0 saturated carbocycles. The lowest BCUT2D eigenvalue weighted by atomic mass is 10.2. The average molecular weight is 257 g/mol. The molecule has 0 radical (unpaired) electrons. The Kier molecular flexibility index (Phi) is 7.24. The molecule has 1 N–H and O–H groups in total. The van der Waals surface area contributed by atoms with Crippen molar-refractivity contribution in [1.29, 1.82) is 0 Å². The molecule has 0 amide bonds. The van der Waals surface area contributed by atoms with Crippen molar-refractivity contribution in [2.45, 2.75) is 24.8 Å². The van der Waals surface area contributed by atoms with E-state index in [0.717, 1.165) is 42.3 Å². The molecule has 1 aromatic rings. The summed E-state index contributed by atoms with van der Waals surface area (Å²) in [6, 6.07) is 5.26. The van der Waals surface area contributed by atoms with Crippen LogP contribution in [0.15, 0.2) is 23.1 Å². The highest BCUT2D eigenvalue weighted by molar-refractivity contribution is 7.99. The number of hydrogen-bond acceptors (Lipinski definition) is 3. The number of halogens is 1. The summed E-state index contributed by atoms with van der Waals surface area (Å²) >= 11 is 1.57. The van der Waals surface area contributed by atoms with Gasteiger partial charge in [0.1, 0.15) is 5.82 Å². The fourth-order valence-corrected chi connectivity index (χ4v) is 2.49. The number of rotatable bonds is 8. The van der Waals surface area contributed by atoms with Gasteiger partial charge >= 0.3 is 0 Å². The molecule has 0 spiro atoms. The zero-order valence-corrected chi connectivity index (χ0v) is 11.3. The Bertz CT molecular complexity index is 333. The summed E-state index contributed by atoms with van der Waals surface area (Å²) in [6.07, 6.45) is 0.941. The minimum Gasteiger partial charge on any atom is -0.385 e. The van der Waals surface area contributed by atoms with Crippen molar-refractivity contribution in [1.82, 2.24) is 5.32 Å². The molecule has 2 nitrogen and oxygen atoms in total. The Labute approximate surface area is 107 Å². The molecule has 4 heteroatoms. The molecule has 0 aliphatic heterocycles. The molecule has 1 aromatic carbocycles. The van der Waals surface area contributed by atoms with Gasteiger partial charge in [-0.15, -0.1) is 11.8 Å². The summed E-state index contributed by atoms with van der Waals surface area (Å²) < 4.78 is 18.7. The van der Waals surface area contributed by atoms with E-state index in [9.17, 15) is 4.39 Å². The van der Waals surface area contributed by atoms with Gasteiger partial charge in [-0.2, -0.15) is 0 Å². The van der Waals surface area contributed by atoms with Crippen LogP contribution < -0.4 is 5.32 Å². The van der Waals surface area contributed by atoms with E-state index in [2.05, 4.69) is 5.32 Å². The van der Waals surface area contributed by atoms with Crippen LogP contribution >= 0.6 is 11.8 Å². The summed E-state index contributed by atoms with van der Waals surface area (Å²) in [4.78, 5) is 0.768. The molecule has 96 valence electrons. The van der Waals surface area contributed by atoms with Crippen LogP contribution in [0.25, 0.3) is 0 Å². The molecular weight excluding hydrogens is 237 g/mol. The lowest BCUT2D eigenvalue weighted by Gasteiger charge is -2.10. The van der Waals surface area contributed by atoms with Crippen LogP contribution in [0.3, 0.4) is 0 Å². The first kappa shape index (κ1) is 14.5. The molecule has 0 aliphatic carbocycles. The Morgan fingerprint density at radius 1 is 1.41 bits per heavy atom. The van der Waals surface area contributed by atoms with Gasteiger partial charge in [-0.25, -0.2) is 4.39 Å². The normalized spacial score (nSPS) is 10.8. The lowest BCUT2D eigenvalue weighted by molar-refractivity contribution is 0.200. The van der Waals surface area contributed by atoms with Crippen LogP contribution in [0.1, 0.15) is 18.9 Å². The number of hydrogen-bond donors (Lipinski definition) is 1. The third-order valence-corrected chi connectivity index (χ3v) is 3.59. The van der Waals surface area contributed by atoms with Crippen molar-refractivity contribution < 1.29 is 9.13 Å². The van der Waals surface area contributed by atoms with Gasteiger partial charge in [0.25, 0.3) is 0 Å². The predicted molar refractivity (Wildman–Crippen MR) is 71.0 cm³/mol. The summed E-state index contributed by atoms with van der Waals surface area (Å²) in [5.74, 6) is 0.760. The van der Waals surface area contributed by atoms with Crippen LogP contribution in [0.4, 0.5) is 4.39 Å². The predicted octanol–water partition coefficient (Wildman–Crippen LogP) is 3.06. The standard InChI is InChI=1S/C13H20FNOS/c1-3-15-10-11-6-4-7-12(14)13(11)17-9-5-8-16-2/h4,6-7,15H,3,5,8-10H2,1-2H3. The quantitative estimate of drug-likeness (QED) is 0.571. The van der Waals surface area contributed by atoms with Crippen molar-refractivity contribution >= 4 is 11.8 Å². The SMILES string of the molecule is CCNCc1cccc(F)c1SCCCOC. The van der Waals surface area contributed by atoms with E-state index < -0.39 is 0 Å². The molecule has 0 bridgehead atoms. The van der Waals surface area contributed by atoms with Crippen LogP contribution in [0.5, 0.6) is 0 Å². The average Bonchev–Trinajstić information content (AvgIpc) is 2.34. The number of methoxy groups -OCH3 is 1. The molecule has 0 aliphatic rings. The third kappa shape index (κ3) is 5.06. The third-order valence-electron chi connectivity index (χ3n) is 2.35. The molecule has 17 heavy (non-hydrogen) atoms. The second-order valence-electron chi connectivity index (χ2n) is 3.70. The Morgan fingerprint density at radius 3 is 2.94 bits per heavy atom. The molecule has 0 fully saturated rings. The zero-order valence-electron chi connectivity index (χ0n) is 10.5. The Hall–Kier alpha value is -0.580. The van der Waals surface area contributed by atoms with Gasteiger partial charge in [0.15, 0.2) is 0 Å². The highest BCUT2D eigenvalue weighted by Gasteiger charge is 2.08. The molecule has 0 unspecified atom stereocenters. The summed E-state index contributed by atoms with van der Waals surface area (Å²) in [6.45, 7) is 4.39. The minimum atomic E-state index is -0.122. The van der Waals surface area contributed by atoms with Gasteiger partial charge in [-0.1, -0.05) is 19.1 Å². The van der Waals surface area contributed by atoms with Crippen molar-refractivity contribution in [2.24, 2.45) is 0 Å². The van der Waals surface area contributed by atoms with Gasteiger partial charge in [-0.3, -0.25) is 0 Å². The van der Waals surface area contributed by atoms with E-state index in [1.807, 2.05) is 13.0 Å². The van der Waals surface area contributed by atoms with E-state index in [4.69, 9.17) is 4.74 Å². The lowest BCUT2D eigenvalue weighted by Crippen LogP contribution is -2.12. The topological polar surface area (TPSA) is 21.3 Å². The van der Waals surface area contributed by atoms with Crippen LogP contribution in [0.2, 0.25) is 0 Å². The van der Waals surface area contributed by atoms with E-state index in [1.165, 1.54) is 6.07 Å². The van der Waals surface area contributed by atoms with Gasteiger partial charge in [0.2, 0.25) is 0 Å². The van der Waals surface area contributed by atoms with Crippen LogP contribution in [-0.4, -0.2) is 26.0 Å². The highest BCUT2D eigenvalue weighted by Crippen LogP contribution is 2.26. The Balaban J connectivity index is 2.60. The first-order valence-electron chi connectivity index (χ1n) is 5.89. The van der Waals surface area contributed by atoms with Crippen LogP contribution in [-0.2, 0) is 11.3 Å². The smallest absolute Gasteiger partial charge is 0.137 e. The van der Waals surface area contributed by atoms with E-state index >= 15 is 0 Å². The van der Waals surface area contributed by atoms with Crippen molar-refractivity contribution in [3.05, 3.63) is 29.6 Å². The maximum atomic E-state index is 13.7. The van der Waals surface area contributed by atoms with Crippen molar-refractivity contribution in [2.75, 3.05) is 26.0 Å². The molecular formula is C13H20FNOS. The van der Waals surface area contributed by atoms with Crippen LogP contribution in [0, 0.1) is 5.82 Å². The molecule has 0 atom stereocenters. The van der Waals surface area contributed by atoms with E-state index in [-0.39, 0.29) is 5.82 Å². The molecule has 0 aromatic heterocycles. The maximum absolute atomic E-state index is 13.7. The molecule has 0 heterocycles. The van der Waals surface area contributed by atoms with E-state index in [0.29, 0.717) is 0 Å². The number of benzene rings is 1. The van der Waals surface area contributed by atoms with Gasteiger partial charge in [0.05, 0.1) is 0 Å². The second kappa shape index (κ2) is 8.50. The molecule has 0 saturated heterocycles. The van der Waals surface area contributed by atoms with Gasteiger partial charge < -0.3 is 10.1 Å². The first-order valence-corrected chi connectivity index (χ1v) is 6.88. The molecule has 1 rings (SSSR count). The van der Waals surface area contributed by atoms with Crippen molar-refractivity contribution in [3.8, 4) is 0 Å². The van der Waals surface area contributed by atoms with Gasteiger partial charge in [0, 0.05) is 30.9 Å².